The number of likely N-dealkylation sites (N-methyl/N-ethyl adjacent to an activating group) is 1. The van der Waals surface area contributed by atoms with Crippen LogP contribution in [0.15, 0.2) is 0 Å². The summed E-state index contributed by atoms with van der Waals surface area (Å²) < 4.78 is 24.1. The zero-order chi connectivity index (χ0) is 30.6. The summed E-state index contributed by atoms with van der Waals surface area (Å²) in [7, 11) is 1.58. The van der Waals surface area contributed by atoms with Crippen molar-refractivity contribution in [2.24, 2.45) is 23.1 Å². The lowest BCUT2D eigenvalue weighted by atomic mass is 9.79. The van der Waals surface area contributed by atoms with E-state index in [1.165, 1.54) is 6.92 Å². The molecule has 6 unspecified atom stereocenters. The second kappa shape index (κ2) is 14.6. The minimum atomic E-state index is -1.75. The zero-order valence-electron chi connectivity index (χ0n) is 24.3. The molecule has 0 aromatic heterocycles. The monoisotopic (exact) mass is 593 g/mol. The van der Waals surface area contributed by atoms with Crippen LogP contribution in [0.4, 0.5) is 0 Å². The number of rotatable bonds is 11. The molecule has 2 heterocycles. The number of carbonyl (C=O) groups is 1. The van der Waals surface area contributed by atoms with Crippen LogP contribution in [-0.4, -0.2) is 137 Å². The summed E-state index contributed by atoms with van der Waals surface area (Å²) in [4.78, 5) is 13.0. The van der Waals surface area contributed by atoms with E-state index >= 15 is 0 Å². The third-order valence-corrected chi connectivity index (χ3v) is 8.60. The van der Waals surface area contributed by atoms with Gasteiger partial charge in [-0.3, -0.25) is 4.79 Å². The largest absolute Gasteiger partial charge is 0.395 e. The van der Waals surface area contributed by atoms with E-state index in [2.05, 4.69) is 10.6 Å². The number of nitrogens with one attached hydrogen (secondary N) is 2. The van der Waals surface area contributed by atoms with Crippen molar-refractivity contribution >= 4 is 5.91 Å². The molecule has 2 aliphatic heterocycles. The Balaban J connectivity index is 1.83. The Hall–Kier alpha value is -1.05. The smallest absolute Gasteiger partial charge is 0.250 e. The van der Waals surface area contributed by atoms with Crippen LogP contribution in [0.5, 0.6) is 0 Å². The molecule has 1 saturated carbocycles. The molecule has 15 nitrogen and oxygen atoms in total. The first-order chi connectivity index (χ1) is 19.2. The molecule has 15 heteroatoms. The van der Waals surface area contributed by atoms with Crippen molar-refractivity contribution in [2.45, 2.75) is 131 Å². The SMILES string of the molecule is CC[C@@H]1CCC(N)[C@@H](OC2C(O)C(O[C@H]3OCC(C)(O)[C@H](NC)C3O)[C@H](NC(=O)[C@@H](O)[C@@H](N)[C@@H](N)CO)C[C@@H]2C)O1. The molecule has 1 amide bonds. The maximum atomic E-state index is 13.0. The van der Waals surface area contributed by atoms with Gasteiger partial charge in [0.1, 0.15) is 30.0 Å². The van der Waals surface area contributed by atoms with Crippen LogP contribution in [0.3, 0.4) is 0 Å². The highest BCUT2D eigenvalue weighted by molar-refractivity contribution is 5.81. The van der Waals surface area contributed by atoms with Gasteiger partial charge in [-0.1, -0.05) is 13.8 Å². The summed E-state index contributed by atoms with van der Waals surface area (Å²) in [5.74, 6) is -1.20. The maximum Gasteiger partial charge on any atom is 0.250 e. The predicted octanol–water partition coefficient (Wildman–Crippen LogP) is -4.05. The lowest BCUT2D eigenvalue weighted by molar-refractivity contribution is -0.311. The van der Waals surface area contributed by atoms with Crippen LogP contribution >= 0.6 is 0 Å². The van der Waals surface area contributed by atoms with Gasteiger partial charge in [-0.05, 0) is 45.6 Å². The highest BCUT2D eigenvalue weighted by Crippen LogP contribution is 2.35. The van der Waals surface area contributed by atoms with Gasteiger partial charge in [-0.15, -0.1) is 0 Å². The molecule has 41 heavy (non-hydrogen) atoms. The number of aliphatic hydroxyl groups is 5. The van der Waals surface area contributed by atoms with Gasteiger partial charge in [0.2, 0.25) is 0 Å². The van der Waals surface area contributed by atoms with Crippen molar-refractivity contribution in [3.63, 3.8) is 0 Å². The van der Waals surface area contributed by atoms with E-state index in [9.17, 15) is 30.3 Å². The molecule has 240 valence electrons. The summed E-state index contributed by atoms with van der Waals surface area (Å²) in [5, 5.41) is 58.5. The fraction of sp³-hybridized carbons (Fsp3) is 0.962. The third kappa shape index (κ3) is 7.92. The Bertz CT molecular complexity index is 842. The van der Waals surface area contributed by atoms with Gasteiger partial charge in [-0.25, -0.2) is 0 Å². The predicted molar refractivity (Wildman–Crippen MR) is 146 cm³/mol. The van der Waals surface area contributed by atoms with Crippen LogP contribution in [-0.2, 0) is 23.7 Å². The molecular weight excluding hydrogens is 542 g/mol. The average molecular weight is 594 g/mol. The Kier molecular flexibility index (Phi) is 12.3. The van der Waals surface area contributed by atoms with E-state index in [0.29, 0.717) is 6.42 Å². The molecule has 0 bridgehead atoms. The molecule has 0 aromatic carbocycles. The van der Waals surface area contributed by atoms with Crippen molar-refractivity contribution in [3.05, 3.63) is 0 Å². The number of carbonyl (C=O) groups excluding carboxylic acids is 1. The molecule has 3 rings (SSSR count). The van der Waals surface area contributed by atoms with Gasteiger partial charge >= 0.3 is 0 Å². The fourth-order valence-electron chi connectivity index (χ4n) is 5.94. The molecular formula is C26H51N5O10. The highest BCUT2D eigenvalue weighted by Gasteiger charge is 2.52. The average Bonchev–Trinajstić information content (AvgIpc) is 2.93. The molecule has 3 aliphatic rings. The first kappa shape index (κ1) is 34.4. The number of amides is 1. The van der Waals surface area contributed by atoms with E-state index in [0.717, 1.165) is 12.8 Å². The van der Waals surface area contributed by atoms with Gasteiger partial charge in [0, 0.05) is 6.04 Å². The molecule has 15 atom stereocenters. The van der Waals surface area contributed by atoms with Gasteiger partial charge in [-0.2, -0.15) is 0 Å². The van der Waals surface area contributed by atoms with Crippen molar-refractivity contribution in [1.82, 2.24) is 10.6 Å². The van der Waals surface area contributed by atoms with E-state index < -0.39 is 91.4 Å². The molecule has 0 spiro atoms. The third-order valence-electron chi connectivity index (χ3n) is 8.60. The maximum absolute atomic E-state index is 13.0. The van der Waals surface area contributed by atoms with Crippen molar-refractivity contribution in [1.29, 1.82) is 0 Å². The number of ether oxygens (including phenoxy) is 4. The van der Waals surface area contributed by atoms with Gasteiger partial charge in [0.05, 0.1) is 49.6 Å². The van der Waals surface area contributed by atoms with Crippen LogP contribution < -0.4 is 27.8 Å². The molecule has 0 aromatic rings. The van der Waals surface area contributed by atoms with Gasteiger partial charge in [0.25, 0.3) is 5.91 Å². The zero-order valence-corrected chi connectivity index (χ0v) is 24.3. The van der Waals surface area contributed by atoms with E-state index in [1.807, 2.05) is 13.8 Å². The summed E-state index contributed by atoms with van der Waals surface area (Å²) in [6.45, 7) is 4.64. The molecule has 2 saturated heterocycles. The summed E-state index contributed by atoms with van der Waals surface area (Å²) >= 11 is 0. The first-order valence-electron chi connectivity index (χ1n) is 14.4. The van der Waals surface area contributed by atoms with E-state index in [1.54, 1.807) is 7.05 Å². The second-order valence-corrected chi connectivity index (χ2v) is 12.0. The van der Waals surface area contributed by atoms with Crippen molar-refractivity contribution in [2.75, 3.05) is 20.3 Å². The van der Waals surface area contributed by atoms with Crippen molar-refractivity contribution in [3.8, 4) is 0 Å². The summed E-state index contributed by atoms with van der Waals surface area (Å²) in [6.07, 6.45) is -5.99. The fourth-order valence-corrected chi connectivity index (χ4v) is 5.94. The van der Waals surface area contributed by atoms with E-state index in [-0.39, 0.29) is 25.0 Å². The Labute approximate surface area is 241 Å². The number of aliphatic hydroxyl groups excluding tert-OH is 4. The van der Waals surface area contributed by atoms with Crippen LogP contribution in [0.25, 0.3) is 0 Å². The first-order valence-corrected chi connectivity index (χ1v) is 14.4. The Morgan fingerprint density at radius 2 is 1.80 bits per heavy atom. The topological polar surface area (TPSA) is 257 Å². The number of hydrogen-bond donors (Lipinski definition) is 10. The standard InChI is InChI=1S/C26H51N5O10/c1-5-12-6-7-13(27)24(39-12)40-20-11(2)8-15(31-23(36)17(33)16(29)14(28)9-32)21(18(20)34)41-25-19(35)22(30-4)26(3,37)10-38-25/h11-22,24-25,30,32-35,37H,5-10,27-29H2,1-4H3,(H,31,36)/t11-,12+,13?,14-,15+,16-,17-,18?,19?,20?,21?,22+,24+,25+,26?/m0/s1. The van der Waals surface area contributed by atoms with Crippen LogP contribution in [0, 0.1) is 5.92 Å². The van der Waals surface area contributed by atoms with Gasteiger partial charge < -0.3 is 72.3 Å². The van der Waals surface area contributed by atoms with Crippen LogP contribution in [0.1, 0.15) is 46.5 Å². The number of hydrogen-bond acceptors (Lipinski definition) is 14. The van der Waals surface area contributed by atoms with E-state index in [4.69, 9.17) is 36.1 Å². The summed E-state index contributed by atoms with van der Waals surface area (Å²) in [5.41, 5.74) is 16.4. The van der Waals surface area contributed by atoms with Crippen molar-refractivity contribution < 1.29 is 49.3 Å². The number of nitrogens with two attached hydrogens (primary N) is 3. The molecule has 3 fully saturated rings. The Morgan fingerprint density at radius 3 is 2.41 bits per heavy atom. The molecule has 13 N–H and O–H groups in total. The summed E-state index contributed by atoms with van der Waals surface area (Å²) in [6, 6.07) is -4.39. The highest BCUT2D eigenvalue weighted by atomic mass is 16.7. The molecule has 1 aliphatic carbocycles. The minimum absolute atomic E-state index is 0.0250. The Morgan fingerprint density at radius 1 is 1.15 bits per heavy atom. The van der Waals surface area contributed by atoms with Gasteiger partial charge in [0.15, 0.2) is 12.6 Å². The lowest BCUT2D eigenvalue weighted by Gasteiger charge is -2.49. The second-order valence-electron chi connectivity index (χ2n) is 12.0. The molecule has 0 radical (unpaired) electrons. The quantitative estimate of drug-likeness (QED) is 0.109. The lowest BCUT2D eigenvalue weighted by Crippen LogP contribution is -2.68. The normalized spacial score (nSPS) is 44.1. The van der Waals surface area contributed by atoms with Crippen LogP contribution in [0.2, 0.25) is 0 Å². The minimum Gasteiger partial charge on any atom is -0.395 e.